The molecule has 0 aliphatic rings. The van der Waals surface area contributed by atoms with Crippen LogP contribution in [0.2, 0.25) is 10.0 Å². The maximum absolute atomic E-state index is 11.9. The summed E-state index contributed by atoms with van der Waals surface area (Å²) in [6.07, 6.45) is 0. The summed E-state index contributed by atoms with van der Waals surface area (Å²) in [5.41, 5.74) is 0.479. The third-order valence-corrected chi connectivity index (χ3v) is 3.28. The van der Waals surface area contributed by atoms with E-state index in [9.17, 15) is 4.79 Å². The van der Waals surface area contributed by atoms with Crippen molar-refractivity contribution in [1.82, 2.24) is 16.0 Å². The highest BCUT2D eigenvalue weighted by Crippen LogP contribution is 2.22. The number of halogens is 3. The van der Waals surface area contributed by atoms with Gasteiger partial charge in [-0.15, -0.1) is 24.0 Å². The fourth-order valence-corrected chi connectivity index (χ4v) is 1.88. The van der Waals surface area contributed by atoms with Crippen LogP contribution in [0.1, 0.15) is 24.2 Å². The van der Waals surface area contributed by atoms with E-state index in [1.165, 1.54) is 0 Å². The van der Waals surface area contributed by atoms with Crippen molar-refractivity contribution >= 4 is 59.0 Å². The molecule has 0 aliphatic heterocycles. The highest BCUT2D eigenvalue weighted by molar-refractivity contribution is 14.0. The van der Waals surface area contributed by atoms with Gasteiger partial charge in [-0.3, -0.25) is 9.79 Å². The molecular formula is C14H21Cl2IN4O. The molecule has 0 fully saturated rings. The molecule has 0 saturated carbocycles. The van der Waals surface area contributed by atoms with E-state index in [1.807, 2.05) is 13.8 Å². The lowest BCUT2D eigenvalue weighted by Gasteiger charge is -2.09. The molecule has 1 aromatic carbocycles. The Labute approximate surface area is 158 Å². The number of carbonyl (C=O) groups excluding carboxylic acids is 1. The van der Waals surface area contributed by atoms with Gasteiger partial charge in [-0.1, -0.05) is 23.2 Å². The van der Waals surface area contributed by atoms with Crippen molar-refractivity contribution in [3.05, 3.63) is 33.8 Å². The number of amides is 1. The highest BCUT2D eigenvalue weighted by atomic mass is 127. The van der Waals surface area contributed by atoms with E-state index < -0.39 is 0 Å². The monoisotopic (exact) mass is 458 g/mol. The molecule has 22 heavy (non-hydrogen) atoms. The van der Waals surface area contributed by atoms with Crippen LogP contribution >= 0.6 is 47.2 Å². The van der Waals surface area contributed by atoms with Crippen molar-refractivity contribution in [2.24, 2.45) is 4.99 Å². The van der Waals surface area contributed by atoms with E-state index in [0.29, 0.717) is 28.7 Å². The largest absolute Gasteiger partial charge is 0.357 e. The standard InChI is InChI=1S/C14H20Cl2N4O.HI/c1-3-17-14(18-4-2)20-8-7-19-13(21)10-5-6-11(15)12(16)9-10;/h5-6,9H,3-4,7-8H2,1-2H3,(H,19,21)(H2,17,18,20);1H. The van der Waals surface area contributed by atoms with Crippen LogP contribution in [0.25, 0.3) is 0 Å². The van der Waals surface area contributed by atoms with Gasteiger partial charge in [0, 0.05) is 25.2 Å². The van der Waals surface area contributed by atoms with Gasteiger partial charge in [0.2, 0.25) is 0 Å². The summed E-state index contributed by atoms with van der Waals surface area (Å²) in [6.45, 7) is 6.52. The molecule has 0 spiro atoms. The van der Waals surface area contributed by atoms with E-state index in [-0.39, 0.29) is 29.9 Å². The minimum Gasteiger partial charge on any atom is -0.357 e. The predicted octanol–water partition coefficient (Wildman–Crippen LogP) is 2.92. The second-order valence-electron chi connectivity index (χ2n) is 4.18. The Morgan fingerprint density at radius 3 is 2.27 bits per heavy atom. The Balaban J connectivity index is 0.00000441. The molecule has 0 atom stereocenters. The van der Waals surface area contributed by atoms with Crippen LogP contribution in [0.4, 0.5) is 0 Å². The molecule has 0 bridgehead atoms. The van der Waals surface area contributed by atoms with Gasteiger partial charge in [-0.2, -0.15) is 0 Å². The van der Waals surface area contributed by atoms with Crippen LogP contribution in [0.15, 0.2) is 23.2 Å². The van der Waals surface area contributed by atoms with Crippen molar-refractivity contribution in [2.75, 3.05) is 26.2 Å². The van der Waals surface area contributed by atoms with Gasteiger partial charge in [0.1, 0.15) is 0 Å². The summed E-state index contributed by atoms with van der Waals surface area (Å²) in [6, 6.07) is 4.78. The third kappa shape index (κ3) is 7.51. The van der Waals surface area contributed by atoms with Gasteiger partial charge in [0.25, 0.3) is 5.91 Å². The van der Waals surface area contributed by atoms with E-state index >= 15 is 0 Å². The van der Waals surface area contributed by atoms with E-state index in [2.05, 4.69) is 20.9 Å². The predicted molar refractivity (Wildman–Crippen MR) is 104 cm³/mol. The molecule has 1 amide bonds. The van der Waals surface area contributed by atoms with Gasteiger partial charge >= 0.3 is 0 Å². The number of benzene rings is 1. The fourth-order valence-electron chi connectivity index (χ4n) is 1.59. The number of guanidine groups is 1. The molecule has 124 valence electrons. The van der Waals surface area contributed by atoms with Crippen LogP contribution in [0, 0.1) is 0 Å². The molecule has 0 aromatic heterocycles. The van der Waals surface area contributed by atoms with Gasteiger partial charge < -0.3 is 16.0 Å². The van der Waals surface area contributed by atoms with Crippen molar-refractivity contribution in [3.63, 3.8) is 0 Å². The normalized spacial score (nSPS) is 9.45. The fraction of sp³-hybridized carbons (Fsp3) is 0.429. The molecule has 1 rings (SSSR count). The first-order valence-electron chi connectivity index (χ1n) is 6.83. The van der Waals surface area contributed by atoms with Gasteiger partial charge in [-0.05, 0) is 32.0 Å². The van der Waals surface area contributed by atoms with Gasteiger partial charge in [0.05, 0.1) is 16.6 Å². The quantitative estimate of drug-likeness (QED) is 0.266. The Morgan fingerprint density at radius 1 is 1.09 bits per heavy atom. The molecule has 5 nitrogen and oxygen atoms in total. The zero-order valence-corrected chi connectivity index (χ0v) is 16.4. The SMILES string of the molecule is CCNC(=NCCNC(=O)c1ccc(Cl)c(Cl)c1)NCC.I. The smallest absolute Gasteiger partial charge is 0.251 e. The molecule has 0 saturated heterocycles. The molecule has 0 heterocycles. The third-order valence-electron chi connectivity index (χ3n) is 2.54. The topological polar surface area (TPSA) is 65.5 Å². The first-order chi connectivity index (χ1) is 10.1. The van der Waals surface area contributed by atoms with Gasteiger partial charge in [-0.25, -0.2) is 0 Å². The van der Waals surface area contributed by atoms with E-state index in [4.69, 9.17) is 23.2 Å². The van der Waals surface area contributed by atoms with Crippen molar-refractivity contribution in [3.8, 4) is 0 Å². The van der Waals surface area contributed by atoms with Crippen LogP contribution in [0.5, 0.6) is 0 Å². The molecule has 8 heteroatoms. The molecule has 0 radical (unpaired) electrons. The lowest BCUT2D eigenvalue weighted by Crippen LogP contribution is -2.37. The Morgan fingerprint density at radius 2 is 1.73 bits per heavy atom. The maximum Gasteiger partial charge on any atom is 0.251 e. The van der Waals surface area contributed by atoms with E-state index in [0.717, 1.165) is 19.0 Å². The zero-order valence-electron chi connectivity index (χ0n) is 12.6. The van der Waals surface area contributed by atoms with Crippen molar-refractivity contribution in [2.45, 2.75) is 13.8 Å². The minimum atomic E-state index is -0.197. The van der Waals surface area contributed by atoms with Gasteiger partial charge in [0.15, 0.2) is 5.96 Å². The zero-order chi connectivity index (χ0) is 15.7. The summed E-state index contributed by atoms with van der Waals surface area (Å²) in [5, 5.41) is 9.80. The minimum absolute atomic E-state index is 0. The number of carbonyl (C=O) groups is 1. The first-order valence-corrected chi connectivity index (χ1v) is 7.59. The number of nitrogens with zero attached hydrogens (tertiary/aromatic N) is 1. The average Bonchev–Trinajstić information content (AvgIpc) is 2.46. The summed E-state index contributed by atoms with van der Waals surface area (Å²) in [4.78, 5) is 16.2. The second-order valence-corrected chi connectivity index (χ2v) is 4.99. The maximum atomic E-state index is 11.9. The Bertz CT molecular complexity index is 504. The Hall–Kier alpha value is -0.730. The van der Waals surface area contributed by atoms with Crippen LogP contribution in [-0.2, 0) is 0 Å². The lowest BCUT2D eigenvalue weighted by atomic mass is 10.2. The summed E-state index contributed by atoms with van der Waals surface area (Å²) in [5.74, 6) is 0.543. The first kappa shape index (κ1) is 21.3. The van der Waals surface area contributed by atoms with Crippen LogP contribution in [-0.4, -0.2) is 38.0 Å². The highest BCUT2D eigenvalue weighted by Gasteiger charge is 2.07. The van der Waals surface area contributed by atoms with Crippen molar-refractivity contribution in [1.29, 1.82) is 0 Å². The van der Waals surface area contributed by atoms with Crippen LogP contribution in [0.3, 0.4) is 0 Å². The second kappa shape index (κ2) is 11.8. The molecule has 1 aromatic rings. The number of aliphatic imine (C=N–C) groups is 1. The number of hydrogen-bond donors (Lipinski definition) is 3. The number of nitrogens with one attached hydrogen (secondary N) is 3. The molecule has 0 unspecified atom stereocenters. The lowest BCUT2D eigenvalue weighted by molar-refractivity contribution is 0.0955. The molecular weight excluding hydrogens is 438 g/mol. The average molecular weight is 459 g/mol. The summed E-state index contributed by atoms with van der Waals surface area (Å²) < 4.78 is 0. The number of rotatable bonds is 6. The Kier molecular flexibility index (Phi) is 11.4. The number of hydrogen-bond acceptors (Lipinski definition) is 2. The molecule has 0 aliphatic carbocycles. The van der Waals surface area contributed by atoms with E-state index in [1.54, 1.807) is 18.2 Å². The van der Waals surface area contributed by atoms with Crippen LogP contribution < -0.4 is 16.0 Å². The molecule has 3 N–H and O–H groups in total. The summed E-state index contributed by atoms with van der Waals surface area (Å²) in [7, 11) is 0. The van der Waals surface area contributed by atoms with Crippen molar-refractivity contribution < 1.29 is 4.79 Å². The summed E-state index contributed by atoms with van der Waals surface area (Å²) >= 11 is 11.7.